The maximum Gasteiger partial charge on any atom is 0.00794 e. The van der Waals surface area contributed by atoms with Gasteiger partial charge in [-0.15, -0.1) is 0 Å². The highest BCUT2D eigenvalue weighted by Gasteiger charge is 2.08. The van der Waals surface area contributed by atoms with Crippen molar-refractivity contribution in [2.24, 2.45) is 0 Å². The van der Waals surface area contributed by atoms with Gasteiger partial charge in [0.1, 0.15) is 0 Å². The Morgan fingerprint density at radius 3 is 2.28 bits per heavy atom. The summed E-state index contributed by atoms with van der Waals surface area (Å²) in [6.45, 7) is 7.99. The van der Waals surface area contributed by atoms with E-state index in [0.717, 1.165) is 13.1 Å². The van der Waals surface area contributed by atoms with Crippen LogP contribution in [0.5, 0.6) is 0 Å². The molecule has 1 atom stereocenters. The average Bonchev–Trinajstić information content (AvgIpc) is 2.44. The lowest BCUT2D eigenvalue weighted by Crippen LogP contribution is -2.32. The Hall–Kier alpha value is -0.860. The van der Waals surface area contributed by atoms with Gasteiger partial charge in [0.15, 0.2) is 0 Å². The predicted molar refractivity (Wildman–Crippen MR) is 80.0 cm³/mol. The summed E-state index contributed by atoms with van der Waals surface area (Å²) < 4.78 is 0. The molecule has 0 saturated carbocycles. The molecule has 0 amide bonds. The molecule has 0 fully saturated rings. The highest BCUT2D eigenvalue weighted by atomic mass is 15.1. The molecule has 18 heavy (non-hydrogen) atoms. The number of nitrogens with zero attached hydrogens (tertiary/aromatic N) is 1. The molecule has 0 spiro atoms. The zero-order chi connectivity index (χ0) is 13.2. The minimum Gasteiger partial charge on any atom is -0.317 e. The van der Waals surface area contributed by atoms with E-state index in [2.05, 4.69) is 61.4 Å². The molecule has 1 rings (SSSR count). The minimum absolute atomic E-state index is 0.630. The molecule has 0 saturated heterocycles. The van der Waals surface area contributed by atoms with E-state index in [1.165, 1.54) is 31.4 Å². The Balaban J connectivity index is 2.29. The molecule has 2 heteroatoms. The van der Waals surface area contributed by atoms with Crippen molar-refractivity contribution in [2.75, 3.05) is 26.7 Å². The lowest BCUT2D eigenvalue weighted by atomic mass is 10.0. The first kappa shape index (κ1) is 15.2. The topological polar surface area (TPSA) is 15.3 Å². The van der Waals surface area contributed by atoms with Crippen LogP contribution in [0.1, 0.15) is 32.3 Å². The summed E-state index contributed by atoms with van der Waals surface area (Å²) >= 11 is 0. The van der Waals surface area contributed by atoms with Gasteiger partial charge in [-0.1, -0.05) is 44.2 Å². The first-order valence-electron chi connectivity index (χ1n) is 7.23. The number of hydrogen-bond acceptors (Lipinski definition) is 2. The Kier molecular flexibility index (Phi) is 7.70. The lowest BCUT2D eigenvalue weighted by molar-refractivity contribution is 0.280. The fourth-order valence-corrected chi connectivity index (χ4v) is 2.30. The molecule has 0 aliphatic carbocycles. The Morgan fingerprint density at radius 1 is 1.06 bits per heavy atom. The molecule has 0 aliphatic rings. The lowest BCUT2D eigenvalue weighted by Gasteiger charge is -2.22. The molecule has 1 aromatic carbocycles. The molecule has 1 aromatic rings. The third kappa shape index (κ3) is 5.65. The number of aryl methyl sites for hydroxylation is 1. The smallest absolute Gasteiger partial charge is 0.00794 e. The normalized spacial score (nSPS) is 12.9. The monoisotopic (exact) mass is 248 g/mol. The van der Waals surface area contributed by atoms with E-state index in [9.17, 15) is 0 Å². The minimum atomic E-state index is 0.630. The van der Waals surface area contributed by atoms with Gasteiger partial charge in [0.05, 0.1) is 0 Å². The van der Waals surface area contributed by atoms with Crippen molar-refractivity contribution in [1.82, 2.24) is 10.2 Å². The Labute approximate surface area is 112 Å². The Morgan fingerprint density at radius 2 is 1.72 bits per heavy atom. The van der Waals surface area contributed by atoms with Gasteiger partial charge < -0.3 is 10.2 Å². The summed E-state index contributed by atoms with van der Waals surface area (Å²) in [5, 5.41) is 3.45. The first-order chi connectivity index (χ1) is 8.80. The molecule has 0 bridgehead atoms. The van der Waals surface area contributed by atoms with Crippen LogP contribution in [0.3, 0.4) is 0 Å². The molecule has 1 N–H and O–H groups in total. The number of nitrogens with one attached hydrogen (secondary N) is 1. The maximum absolute atomic E-state index is 3.45. The number of benzene rings is 1. The fraction of sp³-hybridized carbons (Fsp3) is 0.625. The summed E-state index contributed by atoms with van der Waals surface area (Å²) in [7, 11) is 2.08. The molecule has 0 heterocycles. The molecule has 0 radical (unpaired) electrons. The zero-order valence-electron chi connectivity index (χ0n) is 12.2. The van der Waals surface area contributed by atoms with Gasteiger partial charge >= 0.3 is 0 Å². The van der Waals surface area contributed by atoms with Crippen LogP contribution in [0.25, 0.3) is 0 Å². The fourth-order valence-electron chi connectivity index (χ4n) is 2.30. The van der Waals surface area contributed by atoms with E-state index in [4.69, 9.17) is 0 Å². The maximum atomic E-state index is 3.45. The van der Waals surface area contributed by atoms with Crippen molar-refractivity contribution in [1.29, 1.82) is 0 Å². The van der Waals surface area contributed by atoms with Gasteiger partial charge in [0.2, 0.25) is 0 Å². The largest absolute Gasteiger partial charge is 0.317 e. The van der Waals surface area contributed by atoms with Gasteiger partial charge in [-0.3, -0.25) is 0 Å². The van der Waals surface area contributed by atoms with Crippen LogP contribution in [0.2, 0.25) is 0 Å². The van der Waals surface area contributed by atoms with Crippen LogP contribution in [-0.4, -0.2) is 37.6 Å². The molecule has 2 nitrogen and oxygen atoms in total. The van der Waals surface area contributed by atoms with Crippen LogP contribution in [-0.2, 0) is 6.42 Å². The summed E-state index contributed by atoms with van der Waals surface area (Å²) in [4.78, 5) is 2.49. The second kappa shape index (κ2) is 9.12. The SMILES string of the molecule is CCN(CC)CCC(CCc1ccccc1)NC. The highest BCUT2D eigenvalue weighted by Crippen LogP contribution is 2.07. The van der Waals surface area contributed by atoms with Crippen molar-refractivity contribution in [2.45, 2.75) is 39.2 Å². The van der Waals surface area contributed by atoms with E-state index in [0.29, 0.717) is 6.04 Å². The van der Waals surface area contributed by atoms with E-state index in [1.54, 1.807) is 0 Å². The second-order valence-electron chi connectivity index (χ2n) is 4.83. The predicted octanol–water partition coefficient (Wildman–Crippen LogP) is 2.94. The van der Waals surface area contributed by atoms with Crippen LogP contribution in [0.4, 0.5) is 0 Å². The first-order valence-corrected chi connectivity index (χ1v) is 7.23. The molecular weight excluding hydrogens is 220 g/mol. The molecule has 102 valence electrons. The van der Waals surface area contributed by atoms with Gasteiger partial charge in [0, 0.05) is 6.04 Å². The number of hydrogen-bond donors (Lipinski definition) is 1. The van der Waals surface area contributed by atoms with Crippen molar-refractivity contribution in [3.8, 4) is 0 Å². The van der Waals surface area contributed by atoms with Gasteiger partial charge in [-0.25, -0.2) is 0 Å². The quantitative estimate of drug-likeness (QED) is 0.723. The second-order valence-corrected chi connectivity index (χ2v) is 4.83. The standard InChI is InChI=1S/C16H28N2/c1-4-18(5-2)14-13-16(17-3)12-11-15-9-7-6-8-10-15/h6-10,16-17H,4-5,11-14H2,1-3H3. The highest BCUT2D eigenvalue weighted by molar-refractivity contribution is 5.14. The van der Waals surface area contributed by atoms with Gasteiger partial charge in [-0.05, 0) is 51.5 Å². The summed E-state index contributed by atoms with van der Waals surface area (Å²) in [5.41, 5.74) is 1.44. The van der Waals surface area contributed by atoms with Crippen LogP contribution in [0, 0.1) is 0 Å². The third-order valence-electron chi connectivity index (χ3n) is 3.72. The van der Waals surface area contributed by atoms with E-state index in [-0.39, 0.29) is 0 Å². The van der Waals surface area contributed by atoms with E-state index >= 15 is 0 Å². The van der Waals surface area contributed by atoms with Crippen molar-refractivity contribution in [3.63, 3.8) is 0 Å². The van der Waals surface area contributed by atoms with Gasteiger partial charge in [0.25, 0.3) is 0 Å². The molecular formula is C16H28N2. The van der Waals surface area contributed by atoms with Crippen LogP contribution >= 0.6 is 0 Å². The summed E-state index contributed by atoms with van der Waals surface area (Å²) in [6, 6.07) is 11.4. The molecule has 1 unspecified atom stereocenters. The van der Waals surface area contributed by atoms with Crippen molar-refractivity contribution >= 4 is 0 Å². The van der Waals surface area contributed by atoms with Crippen LogP contribution < -0.4 is 5.32 Å². The van der Waals surface area contributed by atoms with Gasteiger partial charge in [-0.2, -0.15) is 0 Å². The van der Waals surface area contributed by atoms with Crippen LogP contribution in [0.15, 0.2) is 30.3 Å². The molecule has 0 aliphatic heterocycles. The summed E-state index contributed by atoms with van der Waals surface area (Å²) in [6.07, 6.45) is 3.64. The molecule has 0 aromatic heterocycles. The third-order valence-corrected chi connectivity index (χ3v) is 3.72. The average molecular weight is 248 g/mol. The van der Waals surface area contributed by atoms with Crippen molar-refractivity contribution < 1.29 is 0 Å². The number of rotatable bonds is 9. The van der Waals surface area contributed by atoms with E-state index in [1.807, 2.05) is 0 Å². The Bertz CT molecular complexity index is 293. The summed E-state index contributed by atoms with van der Waals surface area (Å²) in [5.74, 6) is 0. The zero-order valence-corrected chi connectivity index (χ0v) is 12.2. The van der Waals surface area contributed by atoms with E-state index < -0.39 is 0 Å². The van der Waals surface area contributed by atoms with Crippen molar-refractivity contribution in [3.05, 3.63) is 35.9 Å².